The number of nitrogens with one attached hydrogen (secondary N) is 2. The maximum atomic E-state index is 11.9. The molecule has 22 heavy (non-hydrogen) atoms. The number of carbonyl (C=O) groups is 1. The lowest BCUT2D eigenvalue weighted by atomic mass is 10.3. The zero-order chi connectivity index (χ0) is 15.8. The van der Waals surface area contributed by atoms with Crippen LogP contribution in [0.1, 0.15) is 13.8 Å². The first kappa shape index (κ1) is 16.4. The fraction of sp³-hybridized carbons (Fsp3) is 0.375. The van der Waals surface area contributed by atoms with Crippen LogP contribution in [0.25, 0.3) is 0 Å². The Balaban J connectivity index is 1.66. The molecule has 0 unspecified atom stereocenters. The zero-order valence-corrected chi connectivity index (χ0v) is 13.7. The van der Waals surface area contributed by atoms with Gasteiger partial charge in [-0.2, -0.15) is 0 Å². The number of thioether (sulfide) groups is 1. The van der Waals surface area contributed by atoms with Crippen LogP contribution in [-0.4, -0.2) is 33.4 Å². The van der Waals surface area contributed by atoms with E-state index in [9.17, 15) is 4.79 Å². The van der Waals surface area contributed by atoms with Crippen molar-refractivity contribution in [1.29, 1.82) is 0 Å². The molecule has 1 heterocycles. The largest absolute Gasteiger partial charge is 0.337 e. The van der Waals surface area contributed by atoms with Gasteiger partial charge in [0.05, 0.1) is 6.33 Å². The zero-order valence-electron chi connectivity index (χ0n) is 12.9. The standard InChI is InChI=1S/C16H22N4OS/c1-13(11-20-9-8-17-12-20)19-16(21)18-10-14(2)22-15-6-4-3-5-7-15/h3-9,12-14H,10-11H2,1-2H3,(H2,18,19,21)/t13-,14-/m0/s1. The number of carbonyl (C=O) groups excluding carboxylic acids is 1. The highest BCUT2D eigenvalue weighted by Gasteiger charge is 2.10. The van der Waals surface area contributed by atoms with Crippen molar-refractivity contribution in [1.82, 2.24) is 20.2 Å². The summed E-state index contributed by atoms with van der Waals surface area (Å²) in [5, 5.41) is 6.16. The van der Waals surface area contributed by atoms with Crippen molar-refractivity contribution in [2.45, 2.75) is 36.6 Å². The van der Waals surface area contributed by atoms with E-state index in [1.54, 1.807) is 24.3 Å². The Hall–Kier alpha value is -1.95. The van der Waals surface area contributed by atoms with Crippen LogP contribution in [0.15, 0.2) is 53.9 Å². The monoisotopic (exact) mass is 318 g/mol. The van der Waals surface area contributed by atoms with Gasteiger partial charge in [-0.3, -0.25) is 0 Å². The van der Waals surface area contributed by atoms with E-state index in [1.807, 2.05) is 35.9 Å². The second kappa shape index (κ2) is 8.48. The van der Waals surface area contributed by atoms with Gasteiger partial charge in [-0.1, -0.05) is 25.1 Å². The van der Waals surface area contributed by atoms with Crippen molar-refractivity contribution >= 4 is 17.8 Å². The number of rotatable bonds is 7. The molecule has 2 rings (SSSR count). The van der Waals surface area contributed by atoms with Gasteiger partial charge in [0.1, 0.15) is 0 Å². The van der Waals surface area contributed by atoms with Crippen LogP contribution < -0.4 is 10.6 Å². The lowest BCUT2D eigenvalue weighted by Gasteiger charge is -2.17. The smallest absolute Gasteiger partial charge is 0.315 e. The number of imidazole rings is 1. The first-order chi connectivity index (χ1) is 10.6. The number of nitrogens with zero attached hydrogens (tertiary/aromatic N) is 2. The van der Waals surface area contributed by atoms with Crippen LogP contribution in [0.5, 0.6) is 0 Å². The summed E-state index contributed by atoms with van der Waals surface area (Å²) in [6.45, 7) is 5.42. The van der Waals surface area contributed by atoms with Crippen molar-refractivity contribution in [3.63, 3.8) is 0 Å². The summed E-state index contributed by atoms with van der Waals surface area (Å²) in [5.41, 5.74) is 0. The molecular weight excluding hydrogens is 296 g/mol. The number of aromatic nitrogens is 2. The minimum absolute atomic E-state index is 0.0475. The molecule has 2 atom stereocenters. The first-order valence-corrected chi connectivity index (χ1v) is 8.23. The number of urea groups is 1. The van der Waals surface area contributed by atoms with Gasteiger partial charge >= 0.3 is 6.03 Å². The number of hydrogen-bond donors (Lipinski definition) is 2. The molecule has 0 aliphatic heterocycles. The van der Waals surface area contributed by atoms with Crippen LogP contribution in [0.4, 0.5) is 4.79 Å². The van der Waals surface area contributed by atoms with Crippen LogP contribution in [0.3, 0.4) is 0 Å². The van der Waals surface area contributed by atoms with E-state index in [-0.39, 0.29) is 12.1 Å². The molecule has 0 bridgehead atoms. The summed E-state index contributed by atoms with van der Waals surface area (Å²) in [6.07, 6.45) is 5.36. The predicted molar refractivity (Wildman–Crippen MR) is 90.0 cm³/mol. The molecular formula is C16H22N4OS. The highest BCUT2D eigenvalue weighted by molar-refractivity contribution is 8.00. The van der Waals surface area contributed by atoms with Crippen molar-refractivity contribution in [2.75, 3.05) is 6.54 Å². The summed E-state index contributed by atoms with van der Waals surface area (Å²) in [6, 6.07) is 10.1. The Kier molecular flexibility index (Phi) is 6.33. The lowest BCUT2D eigenvalue weighted by molar-refractivity contribution is 0.236. The number of benzene rings is 1. The highest BCUT2D eigenvalue weighted by atomic mass is 32.2. The molecule has 0 radical (unpaired) electrons. The Bertz CT molecular complexity index is 559. The Morgan fingerprint density at radius 1 is 1.32 bits per heavy atom. The number of amides is 2. The van der Waals surface area contributed by atoms with Gasteiger partial charge in [0, 0.05) is 41.7 Å². The van der Waals surface area contributed by atoms with Gasteiger partial charge in [-0.05, 0) is 19.1 Å². The molecule has 0 saturated carbocycles. The van der Waals surface area contributed by atoms with Gasteiger partial charge in [0.2, 0.25) is 0 Å². The fourth-order valence-corrected chi connectivity index (χ4v) is 2.99. The molecule has 0 spiro atoms. The summed E-state index contributed by atoms with van der Waals surface area (Å²) < 4.78 is 1.94. The Morgan fingerprint density at radius 2 is 2.09 bits per heavy atom. The highest BCUT2D eigenvalue weighted by Crippen LogP contribution is 2.21. The molecule has 118 valence electrons. The molecule has 2 amide bonds. The number of hydrogen-bond acceptors (Lipinski definition) is 3. The van der Waals surface area contributed by atoms with Gasteiger partial charge in [0.15, 0.2) is 0 Å². The van der Waals surface area contributed by atoms with Crippen molar-refractivity contribution < 1.29 is 4.79 Å². The summed E-state index contributed by atoms with van der Waals surface area (Å²) in [4.78, 5) is 17.1. The molecule has 1 aromatic carbocycles. The normalized spacial score (nSPS) is 13.4. The van der Waals surface area contributed by atoms with Crippen molar-refractivity contribution in [3.05, 3.63) is 49.1 Å². The van der Waals surface area contributed by atoms with Crippen LogP contribution in [0, 0.1) is 0 Å². The third kappa shape index (κ3) is 5.81. The lowest BCUT2D eigenvalue weighted by Crippen LogP contribution is -2.44. The molecule has 5 nitrogen and oxygen atoms in total. The maximum absolute atomic E-state index is 11.9. The molecule has 0 fully saturated rings. The minimum Gasteiger partial charge on any atom is -0.337 e. The van der Waals surface area contributed by atoms with E-state index in [0.29, 0.717) is 18.3 Å². The summed E-state index contributed by atoms with van der Waals surface area (Å²) in [5.74, 6) is 0. The maximum Gasteiger partial charge on any atom is 0.315 e. The van der Waals surface area contributed by atoms with Crippen molar-refractivity contribution in [3.8, 4) is 0 Å². The fourth-order valence-electron chi connectivity index (χ4n) is 2.04. The van der Waals surface area contributed by atoms with Gasteiger partial charge in [-0.25, -0.2) is 9.78 Å². The Morgan fingerprint density at radius 3 is 2.77 bits per heavy atom. The quantitative estimate of drug-likeness (QED) is 0.772. The van der Waals surface area contributed by atoms with E-state index in [4.69, 9.17) is 0 Å². The second-order valence-corrected chi connectivity index (χ2v) is 6.77. The van der Waals surface area contributed by atoms with Crippen LogP contribution >= 0.6 is 11.8 Å². The van der Waals surface area contributed by atoms with Gasteiger partial charge < -0.3 is 15.2 Å². The van der Waals surface area contributed by atoms with E-state index < -0.39 is 0 Å². The minimum atomic E-state index is -0.131. The van der Waals surface area contributed by atoms with Crippen LogP contribution in [-0.2, 0) is 6.54 Å². The Labute approximate surface area is 135 Å². The molecule has 0 aliphatic carbocycles. The second-order valence-electron chi connectivity index (χ2n) is 5.26. The topological polar surface area (TPSA) is 59.0 Å². The summed E-state index contributed by atoms with van der Waals surface area (Å²) in [7, 11) is 0. The van der Waals surface area contributed by atoms with Gasteiger partial charge in [-0.15, -0.1) is 11.8 Å². The average Bonchev–Trinajstić information content (AvgIpc) is 2.99. The molecule has 6 heteroatoms. The molecule has 2 N–H and O–H groups in total. The first-order valence-electron chi connectivity index (χ1n) is 7.35. The molecule has 0 aliphatic rings. The van der Waals surface area contributed by atoms with E-state index in [2.05, 4.69) is 34.7 Å². The summed E-state index contributed by atoms with van der Waals surface area (Å²) >= 11 is 1.75. The molecule has 0 saturated heterocycles. The van der Waals surface area contributed by atoms with Gasteiger partial charge in [0.25, 0.3) is 0 Å². The van der Waals surface area contributed by atoms with E-state index >= 15 is 0 Å². The SMILES string of the molecule is C[C@@H](Cn1ccnc1)NC(=O)NC[C@H](C)Sc1ccccc1. The molecule has 2 aromatic rings. The van der Waals surface area contributed by atoms with E-state index in [0.717, 1.165) is 0 Å². The third-order valence-corrected chi connectivity index (χ3v) is 4.17. The molecule has 1 aromatic heterocycles. The third-order valence-electron chi connectivity index (χ3n) is 3.05. The average molecular weight is 318 g/mol. The van der Waals surface area contributed by atoms with Crippen molar-refractivity contribution in [2.24, 2.45) is 0 Å². The van der Waals surface area contributed by atoms with Crippen LogP contribution in [0.2, 0.25) is 0 Å². The predicted octanol–water partition coefficient (Wildman–Crippen LogP) is 2.75. The van der Waals surface area contributed by atoms with E-state index in [1.165, 1.54) is 4.90 Å².